The Bertz CT molecular complexity index is 545. The highest BCUT2D eigenvalue weighted by Gasteiger charge is 2.32. The summed E-state index contributed by atoms with van der Waals surface area (Å²) in [6, 6.07) is 16.5. The van der Waals surface area contributed by atoms with Crippen LogP contribution in [0, 0.1) is 6.92 Å². The Morgan fingerprint density at radius 3 is 2.71 bits per heavy atom. The van der Waals surface area contributed by atoms with Gasteiger partial charge in [-0.1, -0.05) is 54.1 Å². The van der Waals surface area contributed by atoms with E-state index in [-0.39, 0.29) is 12.0 Å². The molecular weight excluding hydrogens is 208 g/mol. The van der Waals surface area contributed by atoms with Gasteiger partial charge in [-0.15, -0.1) is 0 Å². The monoisotopic (exact) mass is 224 g/mol. The molecule has 86 valence electrons. The molecule has 0 bridgehead atoms. The topological polar surface area (TPSA) is 20.2 Å². The molecule has 2 unspecified atom stereocenters. The van der Waals surface area contributed by atoms with E-state index in [9.17, 15) is 5.11 Å². The van der Waals surface area contributed by atoms with E-state index in [1.807, 2.05) is 18.2 Å². The van der Waals surface area contributed by atoms with Crippen molar-refractivity contribution in [2.24, 2.45) is 0 Å². The fourth-order valence-electron chi connectivity index (χ4n) is 2.67. The lowest BCUT2D eigenvalue weighted by atomic mass is 9.73. The van der Waals surface area contributed by atoms with E-state index in [1.54, 1.807) is 0 Å². The van der Waals surface area contributed by atoms with E-state index in [0.29, 0.717) is 0 Å². The average Bonchev–Trinajstić information content (AvgIpc) is 2.30. The number of hydrogen-bond donors (Lipinski definition) is 1. The zero-order valence-electron chi connectivity index (χ0n) is 9.93. The van der Waals surface area contributed by atoms with Crippen LogP contribution in [0.4, 0.5) is 0 Å². The van der Waals surface area contributed by atoms with E-state index in [0.717, 1.165) is 12.0 Å². The van der Waals surface area contributed by atoms with Crippen molar-refractivity contribution in [1.82, 2.24) is 0 Å². The lowest BCUT2D eigenvalue weighted by molar-refractivity contribution is 0.134. The predicted octanol–water partition coefficient (Wildman–Crippen LogP) is 3.37. The molecule has 1 N–H and O–H groups in total. The quantitative estimate of drug-likeness (QED) is 0.829. The molecule has 0 saturated carbocycles. The maximum Gasteiger partial charge on any atom is 0.0861 e. The summed E-state index contributed by atoms with van der Waals surface area (Å²) >= 11 is 0. The molecule has 1 heteroatoms. The van der Waals surface area contributed by atoms with Crippen molar-refractivity contribution >= 4 is 0 Å². The summed E-state index contributed by atoms with van der Waals surface area (Å²) in [5.41, 5.74) is 4.92. The van der Waals surface area contributed by atoms with Crippen LogP contribution < -0.4 is 0 Å². The molecule has 1 aliphatic carbocycles. The van der Waals surface area contributed by atoms with E-state index >= 15 is 0 Å². The predicted molar refractivity (Wildman–Crippen MR) is 69.0 cm³/mol. The largest absolute Gasteiger partial charge is 0.388 e. The minimum absolute atomic E-state index is 0.271. The first-order valence-corrected chi connectivity index (χ1v) is 6.08. The summed E-state index contributed by atoms with van der Waals surface area (Å²) in [7, 11) is 0. The molecule has 0 aliphatic heterocycles. The van der Waals surface area contributed by atoms with Gasteiger partial charge in [0.1, 0.15) is 0 Å². The molecule has 2 atom stereocenters. The molecule has 0 saturated heterocycles. The minimum Gasteiger partial charge on any atom is -0.388 e. The average molecular weight is 224 g/mol. The molecule has 0 heterocycles. The Kier molecular flexibility index (Phi) is 2.49. The van der Waals surface area contributed by atoms with Crippen LogP contribution in [0.2, 0.25) is 0 Å². The molecule has 0 aromatic heterocycles. The van der Waals surface area contributed by atoms with Gasteiger partial charge in [-0.3, -0.25) is 0 Å². The third-order valence-electron chi connectivity index (χ3n) is 3.66. The van der Waals surface area contributed by atoms with Crippen LogP contribution >= 0.6 is 0 Å². The molecule has 0 spiro atoms. The number of benzene rings is 2. The molecule has 0 fully saturated rings. The van der Waals surface area contributed by atoms with Crippen molar-refractivity contribution < 1.29 is 5.11 Å². The maximum atomic E-state index is 10.4. The van der Waals surface area contributed by atoms with Gasteiger partial charge in [-0.05, 0) is 30.0 Å². The van der Waals surface area contributed by atoms with E-state index in [4.69, 9.17) is 0 Å². The molecule has 2 aromatic rings. The van der Waals surface area contributed by atoms with E-state index < -0.39 is 0 Å². The Labute approximate surface area is 102 Å². The van der Waals surface area contributed by atoms with Crippen molar-refractivity contribution in [2.75, 3.05) is 0 Å². The third-order valence-corrected chi connectivity index (χ3v) is 3.66. The van der Waals surface area contributed by atoms with Gasteiger partial charge >= 0.3 is 0 Å². The third kappa shape index (κ3) is 1.77. The Hall–Kier alpha value is -1.60. The van der Waals surface area contributed by atoms with Crippen molar-refractivity contribution in [1.29, 1.82) is 0 Å². The summed E-state index contributed by atoms with van der Waals surface area (Å²) in [4.78, 5) is 0. The zero-order valence-corrected chi connectivity index (χ0v) is 9.93. The molecule has 3 rings (SSSR count). The van der Waals surface area contributed by atoms with Crippen LogP contribution in [0.5, 0.6) is 0 Å². The first-order valence-electron chi connectivity index (χ1n) is 6.08. The number of hydrogen-bond acceptors (Lipinski definition) is 1. The number of aryl methyl sites for hydroxylation is 1. The normalized spacial score (nSPS) is 19.3. The van der Waals surface area contributed by atoms with Crippen molar-refractivity contribution in [2.45, 2.75) is 25.4 Å². The van der Waals surface area contributed by atoms with Crippen LogP contribution in [0.15, 0.2) is 48.5 Å². The molecule has 0 radical (unpaired) electrons. The van der Waals surface area contributed by atoms with Crippen molar-refractivity contribution in [3.8, 4) is 0 Å². The molecule has 17 heavy (non-hydrogen) atoms. The SMILES string of the molecule is Cc1cccc(C(O)C2Cc3ccccc32)c1. The fraction of sp³-hybridized carbons (Fsp3) is 0.250. The maximum absolute atomic E-state index is 10.4. The number of aliphatic hydroxyl groups is 1. The second-order valence-corrected chi connectivity index (χ2v) is 4.87. The van der Waals surface area contributed by atoms with Crippen LogP contribution in [0.25, 0.3) is 0 Å². The molecule has 1 nitrogen and oxygen atoms in total. The number of rotatable bonds is 2. The Balaban J connectivity index is 1.88. The van der Waals surface area contributed by atoms with Gasteiger partial charge in [0.05, 0.1) is 6.10 Å². The molecule has 1 aliphatic rings. The number of aliphatic hydroxyl groups excluding tert-OH is 1. The Morgan fingerprint density at radius 1 is 1.12 bits per heavy atom. The summed E-state index contributed by atoms with van der Waals surface area (Å²) in [5.74, 6) is 0.271. The zero-order chi connectivity index (χ0) is 11.8. The summed E-state index contributed by atoms with van der Waals surface area (Å²) in [6.07, 6.45) is 0.621. The highest BCUT2D eigenvalue weighted by molar-refractivity contribution is 5.42. The summed E-state index contributed by atoms with van der Waals surface area (Å²) in [6.45, 7) is 2.06. The minimum atomic E-state index is -0.371. The van der Waals surface area contributed by atoms with Crippen LogP contribution in [0.1, 0.15) is 34.3 Å². The fourth-order valence-corrected chi connectivity index (χ4v) is 2.67. The summed E-state index contributed by atoms with van der Waals surface area (Å²) < 4.78 is 0. The molecular formula is C16H16O. The Morgan fingerprint density at radius 2 is 1.94 bits per heavy atom. The lowest BCUT2D eigenvalue weighted by Gasteiger charge is -2.34. The highest BCUT2D eigenvalue weighted by Crippen LogP contribution is 2.43. The van der Waals surface area contributed by atoms with Gasteiger partial charge in [0.15, 0.2) is 0 Å². The second kappa shape index (κ2) is 4.01. The van der Waals surface area contributed by atoms with Gasteiger partial charge in [0, 0.05) is 5.92 Å². The van der Waals surface area contributed by atoms with Crippen LogP contribution in [-0.4, -0.2) is 5.11 Å². The lowest BCUT2D eigenvalue weighted by Crippen LogP contribution is -2.23. The highest BCUT2D eigenvalue weighted by atomic mass is 16.3. The van der Waals surface area contributed by atoms with Gasteiger partial charge < -0.3 is 5.11 Å². The van der Waals surface area contributed by atoms with Crippen LogP contribution in [0.3, 0.4) is 0 Å². The summed E-state index contributed by atoms with van der Waals surface area (Å²) in [5, 5.41) is 10.4. The molecule has 0 amide bonds. The first kappa shape index (κ1) is 10.5. The smallest absolute Gasteiger partial charge is 0.0861 e. The van der Waals surface area contributed by atoms with Crippen molar-refractivity contribution in [3.63, 3.8) is 0 Å². The first-order chi connectivity index (χ1) is 8.25. The van der Waals surface area contributed by atoms with Gasteiger partial charge in [0.25, 0.3) is 0 Å². The van der Waals surface area contributed by atoms with Gasteiger partial charge in [-0.2, -0.15) is 0 Å². The van der Waals surface area contributed by atoms with E-state index in [2.05, 4.69) is 37.3 Å². The molecule has 2 aromatic carbocycles. The van der Waals surface area contributed by atoms with Gasteiger partial charge in [0.2, 0.25) is 0 Å². The number of fused-ring (bicyclic) bond motifs is 1. The van der Waals surface area contributed by atoms with Crippen molar-refractivity contribution in [3.05, 3.63) is 70.8 Å². The standard InChI is InChI=1S/C16H16O/c1-11-5-4-7-13(9-11)16(17)15-10-12-6-2-3-8-14(12)15/h2-9,15-17H,10H2,1H3. The van der Waals surface area contributed by atoms with E-state index in [1.165, 1.54) is 16.7 Å². The van der Waals surface area contributed by atoms with Gasteiger partial charge in [-0.25, -0.2) is 0 Å². The van der Waals surface area contributed by atoms with Crippen LogP contribution in [-0.2, 0) is 6.42 Å². The second-order valence-electron chi connectivity index (χ2n) is 4.87.